The third-order valence-corrected chi connectivity index (χ3v) is 6.20. The van der Waals surface area contributed by atoms with Crippen LogP contribution >= 0.6 is 11.6 Å². The SMILES string of the molecule is CC1(C)CC(=O)C2=C(C1)N(c1ccccc1Cl)C(=O)CC2c1ccccc1C(F)(F)F. The van der Waals surface area contributed by atoms with Gasteiger partial charge in [-0.1, -0.05) is 55.8 Å². The van der Waals surface area contributed by atoms with Crippen molar-refractivity contribution in [1.29, 1.82) is 0 Å². The Morgan fingerprint density at radius 3 is 2.32 bits per heavy atom. The second-order valence-electron chi connectivity index (χ2n) is 8.82. The van der Waals surface area contributed by atoms with Gasteiger partial charge in [0.15, 0.2) is 5.78 Å². The van der Waals surface area contributed by atoms with Gasteiger partial charge in [-0.15, -0.1) is 0 Å². The molecule has 1 aliphatic heterocycles. The van der Waals surface area contributed by atoms with E-state index in [0.717, 1.165) is 6.07 Å². The first kappa shape index (κ1) is 21.6. The predicted molar refractivity (Wildman–Crippen MR) is 113 cm³/mol. The topological polar surface area (TPSA) is 37.4 Å². The zero-order valence-corrected chi connectivity index (χ0v) is 17.8. The average molecular weight is 448 g/mol. The molecule has 1 amide bonds. The Kier molecular flexibility index (Phi) is 5.24. The van der Waals surface area contributed by atoms with Crippen LogP contribution in [0.2, 0.25) is 5.02 Å². The van der Waals surface area contributed by atoms with E-state index in [1.807, 2.05) is 13.8 Å². The van der Waals surface area contributed by atoms with Gasteiger partial charge < -0.3 is 0 Å². The van der Waals surface area contributed by atoms with Gasteiger partial charge in [0.2, 0.25) is 5.91 Å². The molecule has 2 aromatic rings. The Morgan fingerprint density at radius 1 is 1.00 bits per heavy atom. The summed E-state index contributed by atoms with van der Waals surface area (Å²) in [4.78, 5) is 28.0. The number of amides is 1. The normalized spacial score (nSPS) is 21.4. The quantitative estimate of drug-likeness (QED) is 0.525. The minimum Gasteiger partial charge on any atom is -0.294 e. The zero-order chi connectivity index (χ0) is 22.6. The van der Waals surface area contributed by atoms with Crippen molar-refractivity contribution >= 4 is 29.0 Å². The van der Waals surface area contributed by atoms with Crippen molar-refractivity contribution in [3.63, 3.8) is 0 Å². The molecule has 2 aromatic carbocycles. The van der Waals surface area contributed by atoms with Crippen LogP contribution in [0.25, 0.3) is 0 Å². The summed E-state index contributed by atoms with van der Waals surface area (Å²) in [5.74, 6) is -1.54. The molecule has 0 spiro atoms. The number of carbonyl (C=O) groups is 2. The van der Waals surface area contributed by atoms with Gasteiger partial charge in [-0.2, -0.15) is 13.2 Å². The summed E-state index contributed by atoms with van der Waals surface area (Å²) >= 11 is 6.35. The first-order valence-electron chi connectivity index (χ1n) is 9.99. The fourth-order valence-electron chi connectivity index (χ4n) is 4.65. The van der Waals surface area contributed by atoms with E-state index in [9.17, 15) is 22.8 Å². The van der Waals surface area contributed by atoms with Crippen molar-refractivity contribution in [3.05, 3.63) is 76.0 Å². The van der Waals surface area contributed by atoms with Crippen LogP contribution in [0, 0.1) is 5.41 Å². The summed E-state index contributed by atoms with van der Waals surface area (Å²) in [6.45, 7) is 3.83. The molecule has 1 heterocycles. The van der Waals surface area contributed by atoms with Gasteiger partial charge in [-0.3, -0.25) is 14.5 Å². The van der Waals surface area contributed by atoms with Crippen LogP contribution in [-0.2, 0) is 15.8 Å². The van der Waals surface area contributed by atoms with Gasteiger partial charge in [-0.25, -0.2) is 0 Å². The Bertz CT molecular complexity index is 1100. The maximum absolute atomic E-state index is 13.7. The van der Waals surface area contributed by atoms with E-state index in [4.69, 9.17) is 11.6 Å². The first-order chi connectivity index (χ1) is 14.5. The predicted octanol–water partition coefficient (Wildman–Crippen LogP) is 6.52. The molecule has 0 aromatic heterocycles. The molecule has 0 radical (unpaired) electrons. The average Bonchev–Trinajstić information content (AvgIpc) is 2.66. The van der Waals surface area contributed by atoms with Crippen LogP contribution in [-0.4, -0.2) is 11.7 Å². The number of alkyl halides is 3. The number of benzene rings is 2. The number of hydrogen-bond acceptors (Lipinski definition) is 2. The lowest BCUT2D eigenvalue weighted by molar-refractivity contribution is -0.138. The number of carbonyl (C=O) groups excluding carboxylic acids is 2. The van der Waals surface area contributed by atoms with Crippen LogP contribution < -0.4 is 4.90 Å². The second kappa shape index (κ2) is 7.52. The summed E-state index contributed by atoms with van der Waals surface area (Å²) in [5, 5.41) is 0.340. The van der Waals surface area contributed by atoms with Crippen molar-refractivity contribution in [2.24, 2.45) is 5.41 Å². The van der Waals surface area contributed by atoms with Crippen LogP contribution in [0.3, 0.4) is 0 Å². The minimum atomic E-state index is -4.59. The number of nitrogens with zero attached hydrogens (tertiary/aromatic N) is 1. The lowest BCUT2D eigenvalue weighted by Crippen LogP contribution is -2.44. The van der Waals surface area contributed by atoms with Gasteiger partial charge in [-0.05, 0) is 35.6 Å². The molecular weight excluding hydrogens is 427 g/mol. The molecular formula is C24H21ClF3NO2. The lowest BCUT2D eigenvalue weighted by atomic mass is 9.68. The smallest absolute Gasteiger partial charge is 0.294 e. The van der Waals surface area contributed by atoms with Gasteiger partial charge in [0.25, 0.3) is 0 Å². The van der Waals surface area contributed by atoms with Crippen molar-refractivity contribution < 1.29 is 22.8 Å². The molecule has 0 N–H and O–H groups in total. The van der Waals surface area contributed by atoms with Crippen LogP contribution in [0.15, 0.2) is 59.8 Å². The number of halogens is 4. The van der Waals surface area contributed by atoms with Crippen molar-refractivity contribution in [2.45, 2.75) is 45.2 Å². The Hall–Kier alpha value is -2.60. The van der Waals surface area contributed by atoms with Gasteiger partial charge in [0.1, 0.15) is 0 Å². The number of Topliss-reactive ketones (excluding diaryl/α,β-unsaturated/α-hetero) is 1. The molecule has 1 aliphatic carbocycles. The second-order valence-corrected chi connectivity index (χ2v) is 9.23. The summed E-state index contributed by atoms with van der Waals surface area (Å²) in [6, 6.07) is 12.0. The van der Waals surface area contributed by atoms with Gasteiger partial charge in [0.05, 0.1) is 16.3 Å². The monoisotopic (exact) mass is 447 g/mol. The highest BCUT2D eigenvalue weighted by Crippen LogP contribution is 2.50. The highest BCUT2D eigenvalue weighted by Gasteiger charge is 2.46. The summed E-state index contributed by atoms with van der Waals surface area (Å²) in [5.41, 5.74) is -0.106. The maximum atomic E-state index is 13.7. The van der Waals surface area contributed by atoms with E-state index in [2.05, 4.69) is 0 Å². The summed E-state index contributed by atoms with van der Waals surface area (Å²) in [7, 11) is 0. The van der Waals surface area contributed by atoms with Crippen molar-refractivity contribution in [1.82, 2.24) is 0 Å². The molecule has 1 unspecified atom stereocenters. The zero-order valence-electron chi connectivity index (χ0n) is 17.1. The number of allylic oxidation sites excluding steroid dienone is 2. The summed E-state index contributed by atoms with van der Waals surface area (Å²) < 4.78 is 41.2. The molecule has 0 saturated heterocycles. The van der Waals surface area contributed by atoms with E-state index >= 15 is 0 Å². The van der Waals surface area contributed by atoms with Gasteiger partial charge >= 0.3 is 6.18 Å². The molecule has 0 saturated carbocycles. The van der Waals surface area contributed by atoms with Gasteiger partial charge in [0, 0.05) is 30.0 Å². The number of hydrogen-bond donors (Lipinski definition) is 0. The van der Waals surface area contributed by atoms with E-state index in [0.29, 0.717) is 22.8 Å². The standard InChI is InChI=1S/C24H21ClF3NO2/c1-23(2)12-19-22(20(30)13-23)15(14-7-3-4-8-16(14)24(26,27)28)11-21(31)29(19)18-10-6-5-9-17(18)25/h3-10,15H,11-13H2,1-2H3. The minimum absolute atomic E-state index is 0.0392. The molecule has 2 aliphatic rings. The summed E-state index contributed by atoms with van der Waals surface area (Å²) in [6.07, 6.45) is -4.22. The molecule has 3 nitrogen and oxygen atoms in total. The maximum Gasteiger partial charge on any atom is 0.416 e. The Morgan fingerprint density at radius 2 is 1.65 bits per heavy atom. The fraction of sp³-hybridized carbons (Fsp3) is 0.333. The highest BCUT2D eigenvalue weighted by molar-refractivity contribution is 6.34. The Labute approximate surface area is 183 Å². The van der Waals surface area contributed by atoms with E-state index in [1.54, 1.807) is 24.3 Å². The molecule has 0 fully saturated rings. The molecule has 7 heteroatoms. The molecule has 162 valence electrons. The number of anilines is 1. The Balaban J connectivity index is 1.96. The van der Waals surface area contributed by atoms with Crippen LogP contribution in [0.4, 0.5) is 18.9 Å². The first-order valence-corrected chi connectivity index (χ1v) is 10.4. The number of rotatable bonds is 2. The number of para-hydroxylation sites is 1. The largest absolute Gasteiger partial charge is 0.416 e. The molecule has 4 rings (SSSR count). The molecule has 1 atom stereocenters. The van der Waals surface area contributed by atoms with Crippen molar-refractivity contribution in [2.75, 3.05) is 4.90 Å². The third-order valence-electron chi connectivity index (χ3n) is 5.88. The fourth-order valence-corrected chi connectivity index (χ4v) is 4.87. The van der Waals surface area contributed by atoms with Crippen molar-refractivity contribution in [3.8, 4) is 0 Å². The third kappa shape index (κ3) is 3.89. The van der Waals surface area contributed by atoms with Crippen LogP contribution in [0.1, 0.15) is 50.2 Å². The van der Waals surface area contributed by atoms with E-state index in [1.165, 1.54) is 23.1 Å². The van der Waals surface area contributed by atoms with Crippen LogP contribution in [0.5, 0.6) is 0 Å². The number of ketones is 1. The van der Waals surface area contributed by atoms with E-state index < -0.39 is 23.1 Å². The van der Waals surface area contributed by atoms with E-state index in [-0.39, 0.29) is 35.7 Å². The lowest BCUT2D eigenvalue weighted by Gasteiger charge is -2.43. The highest BCUT2D eigenvalue weighted by atomic mass is 35.5. The molecule has 0 bridgehead atoms. The molecule has 31 heavy (non-hydrogen) atoms.